The van der Waals surface area contributed by atoms with Crippen molar-refractivity contribution in [3.05, 3.63) is 76.0 Å². The summed E-state index contributed by atoms with van der Waals surface area (Å²) in [6, 6.07) is 15.4. The molecular formula is C27H32ClN3O3. The Morgan fingerprint density at radius 3 is 2.68 bits per heavy atom. The average molecular weight is 482 g/mol. The fourth-order valence-corrected chi connectivity index (χ4v) is 5.01. The molecule has 2 aromatic rings. The molecule has 2 N–H and O–H groups in total. The molecule has 1 amide bonds. The maximum absolute atomic E-state index is 13.2. The number of carbonyl (C=O) groups is 1. The zero-order valence-corrected chi connectivity index (χ0v) is 20.7. The van der Waals surface area contributed by atoms with Crippen LogP contribution in [-0.2, 0) is 14.3 Å². The number of nitrogens with zero attached hydrogens (tertiary/aromatic N) is 1. The number of allylic oxidation sites excluding steroid dienone is 1. The Bertz CT molecular complexity index is 1080. The quantitative estimate of drug-likeness (QED) is 0.381. The number of hydrogen-bond donors (Lipinski definition) is 2. The molecule has 0 unspecified atom stereocenters. The monoisotopic (exact) mass is 481 g/mol. The molecular weight excluding hydrogens is 450 g/mol. The first-order valence-electron chi connectivity index (χ1n) is 11.8. The zero-order chi connectivity index (χ0) is 24.2. The minimum atomic E-state index is -0.341. The highest BCUT2D eigenvalue weighted by atomic mass is 35.5. The van der Waals surface area contributed by atoms with Gasteiger partial charge in [0.15, 0.2) is 0 Å². The van der Waals surface area contributed by atoms with Gasteiger partial charge in [0, 0.05) is 53.5 Å². The number of rotatable bonds is 7. The number of carbonyl (C=O) groups excluding carboxylic acids is 1. The zero-order valence-electron chi connectivity index (χ0n) is 19.9. The Morgan fingerprint density at radius 2 is 2.00 bits per heavy atom. The predicted octanol–water partition coefficient (Wildman–Crippen LogP) is 5.91. The second-order valence-corrected chi connectivity index (χ2v) is 9.31. The molecule has 1 fully saturated rings. The van der Waals surface area contributed by atoms with E-state index in [1.807, 2.05) is 69.4 Å². The molecule has 34 heavy (non-hydrogen) atoms. The Hall–Kier alpha value is -2.83. The maximum atomic E-state index is 13.2. The van der Waals surface area contributed by atoms with E-state index in [-0.39, 0.29) is 36.4 Å². The molecule has 2 heterocycles. The van der Waals surface area contributed by atoms with Gasteiger partial charge in [0.2, 0.25) is 11.8 Å². The first-order chi connectivity index (χ1) is 16.4. The van der Waals surface area contributed by atoms with E-state index in [1.165, 1.54) is 0 Å². The summed E-state index contributed by atoms with van der Waals surface area (Å²) in [5.41, 5.74) is 4.36. The van der Waals surface area contributed by atoms with Crippen molar-refractivity contribution in [3.8, 4) is 0 Å². The van der Waals surface area contributed by atoms with Crippen LogP contribution in [-0.4, -0.2) is 43.0 Å². The fourth-order valence-electron chi connectivity index (χ4n) is 4.89. The normalized spacial score (nSPS) is 21.5. The number of benzene rings is 2. The molecule has 2 aliphatic rings. The third kappa shape index (κ3) is 5.13. The molecule has 0 aliphatic carbocycles. The Kier molecular flexibility index (Phi) is 7.59. The van der Waals surface area contributed by atoms with Crippen molar-refractivity contribution in [2.24, 2.45) is 0 Å². The van der Waals surface area contributed by atoms with Gasteiger partial charge in [0.25, 0.3) is 0 Å². The van der Waals surface area contributed by atoms with E-state index in [9.17, 15) is 4.79 Å². The van der Waals surface area contributed by atoms with Gasteiger partial charge < -0.3 is 19.7 Å². The van der Waals surface area contributed by atoms with Crippen LogP contribution < -0.4 is 5.32 Å². The maximum Gasteiger partial charge on any atom is 0.227 e. The van der Waals surface area contributed by atoms with Crippen LogP contribution in [0.2, 0.25) is 5.02 Å². The molecule has 0 radical (unpaired) electrons. The molecule has 0 bridgehead atoms. The minimum Gasteiger partial charge on any atom is -0.470 e. The lowest BCUT2D eigenvalue weighted by atomic mass is 9.83. The van der Waals surface area contributed by atoms with E-state index in [1.54, 1.807) is 4.90 Å². The second-order valence-electron chi connectivity index (χ2n) is 8.87. The van der Waals surface area contributed by atoms with E-state index in [0.717, 1.165) is 47.5 Å². The minimum absolute atomic E-state index is 0.0313. The van der Waals surface area contributed by atoms with Crippen molar-refractivity contribution in [1.29, 1.82) is 5.41 Å². The molecule has 0 spiro atoms. The number of para-hydroxylation sites is 1. The van der Waals surface area contributed by atoms with Gasteiger partial charge in [-0.05, 0) is 50.5 Å². The lowest BCUT2D eigenvalue weighted by Gasteiger charge is -2.36. The van der Waals surface area contributed by atoms with Crippen molar-refractivity contribution in [2.75, 3.05) is 25.5 Å². The van der Waals surface area contributed by atoms with Crippen LogP contribution >= 0.6 is 11.6 Å². The third-order valence-electron chi connectivity index (χ3n) is 6.71. The van der Waals surface area contributed by atoms with E-state index < -0.39 is 0 Å². The number of halogens is 1. The van der Waals surface area contributed by atoms with Crippen molar-refractivity contribution in [3.63, 3.8) is 0 Å². The molecule has 4 rings (SSSR count). The first-order valence-corrected chi connectivity index (χ1v) is 12.2. The van der Waals surface area contributed by atoms with Gasteiger partial charge in [0.05, 0.1) is 12.6 Å². The van der Waals surface area contributed by atoms with E-state index in [2.05, 4.69) is 5.32 Å². The highest BCUT2D eigenvalue weighted by Gasteiger charge is 2.37. The van der Waals surface area contributed by atoms with Gasteiger partial charge in [-0.1, -0.05) is 41.9 Å². The highest BCUT2D eigenvalue weighted by Crippen LogP contribution is 2.39. The highest BCUT2D eigenvalue weighted by molar-refractivity contribution is 6.30. The standard InChI is InChI=1S/C27H32ClN3O3/c1-17-26(27(29)34-18(2)22-8-4-5-9-24(22)30-3)23(19-10-12-20(28)13-11-19)15-25(32)31(17)16-21-7-6-14-33-21/h4-5,8-13,18,21,23,29-30H,6-7,14-16H2,1-3H3/t18-,21+,23-/m1/s1. The molecule has 1 saturated heterocycles. The van der Waals surface area contributed by atoms with Crippen LogP contribution in [0.4, 0.5) is 5.69 Å². The predicted molar refractivity (Wildman–Crippen MR) is 135 cm³/mol. The van der Waals surface area contributed by atoms with Gasteiger partial charge in [0.1, 0.15) is 6.10 Å². The van der Waals surface area contributed by atoms with Crippen molar-refractivity contribution < 1.29 is 14.3 Å². The van der Waals surface area contributed by atoms with E-state index in [4.69, 9.17) is 26.5 Å². The van der Waals surface area contributed by atoms with Crippen molar-refractivity contribution in [2.45, 2.75) is 51.2 Å². The Balaban J connectivity index is 1.67. The SMILES string of the molecule is CNc1ccccc1[C@@H](C)OC(=N)C1=C(C)N(C[C@@H]2CCCO2)C(=O)C[C@@H]1c1ccc(Cl)cc1. The summed E-state index contributed by atoms with van der Waals surface area (Å²) in [6.07, 6.45) is 1.92. The van der Waals surface area contributed by atoms with Gasteiger partial charge in [-0.3, -0.25) is 10.2 Å². The van der Waals surface area contributed by atoms with Crippen LogP contribution in [0.15, 0.2) is 59.8 Å². The van der Waals surface area contributed by atoms with Crippen molar-refractivity contribution >= 4 is 29.1 Å². The van der Waals surface area contributed by atoms with Gasteiger partial charge >= 0.3 is 0 Å². The summed E-state index contributed by atoms with van der Waals surface area (Å²) in [5.74, 6) is -0.150. The number of anilines is 1. The number of nitrogens with one attached hydrogen (secondary N) is 2. The van der Waals surface area contributed by atoms with Crippen LogP contribution in [0.5, 0.6) is 0 Å². The Morgan fingerprint density at radius 1 is 1.26 bits per heavy atom. The molecule has 2 aromatic carbocycles. The molecule has 180 valence electrons. The smallest absolute Gasteiger partial charge is 0.227 e. The molecule has 7 heteroatoms. The topological polar surface area (TPSA) is 74.7 Å². The summed E-state index contributed by atoms with van der Waals surface area (Å²) in [6.45, 7) is 5.09. The number of amides is 1. The lowest BCUT2D eigenvalue weighted by Crippen LogP contribution is -2.42. The second kappa shape index (κ2) is 10.6. The summed E-state index contributed by atoms with van der Waals surface area (Å²) in [5, 5.41) is 12.8. The molecule has 3 atom stereocenters. The molecule has 0 saturated carbocycles. The molecule has 6 nitrogen and oxygen atoms in total. The first kappa shape index (κ1) is 24.3. The van der Waals surface area contributed by atoms with Gasteiger partial charge in [-0.2, -0.15) is 0 Å². The van der Waals surface area contributed by atoms with Gasteiger partial charge in [-0.25, -0.2) is 0 Å². The van der Waals surface area contributed by atoms with Crippen LogP contribution in [0.25, 0.3) is 0 Å². The summed E-state index contributed by atoms with van der Waals surface area (Å²) in [4.78, 5) is 15.0. The number of ether oxygens (including phenoxy) is 2. The summed E-state index contributed by atoms with van der Waals surface area (Å²) >= 11 is 6.12. The van der Waals surface area contributed by atoms with Crippen molar-refractivity contribution in [1.82, 2.24) is 4.90 Å². The number of hydrogen-bond acceptors (Lipinski definition) is 5. The lowest BCUT2D eigenvalue weighted by molar-refractivity contribution is -0.131. The van der Waals surface area contributed by atoms with E-state index >= 15 is 0 Å². The fraction of sp³-hybridized carbons (Fsp3) is 0.407. The van der Waals surface area contributed by atoms with Crippen LogP contribution in [0.1, 0.15) is 56.3 Å². The van der Waals surface area contributed by atoms with Gasteiger partial charge in [-0.15, -0.1) is 0 Å². The third-order valence-corrected chi connectivity index (χ3v) is 6.96. The summed E-state index contributed by atoms with van der Waals surface area (Å²) < 4.78 is 12.0. The van der Waals surface area contributed by atoms with Crippen LogP contribution in [0.3, 0.4) is 0 Å². The molecule has 0 aromatic heterocycles. The largest absolute Gasteiger partial charge is 0.470 e. The Labute approximate surface area is 206 Å². The average Bonchev–Trinajstić information content (AvgIpc) is 3.35. The van der Waals surface area contributed by atoms with Crippen LogP contribution in [0, 0.1) is 5.41 Å². The molecule has 2 aliphatic heterocycles. The summed E-state index contributed by atoms with van der Waals surface area (Å²) in [7, 11) is 1.87. The van der Waals surface area contributed by atoms with E-state index in [0.29, 0.717) is 11.6 Å².